The van der Waals surface area contributed by atoms with Crippen LogP contribution in [0, 0.1) is 0 Å². The quantitative estimate of drug-likeness (QED) is 0.424. The van der Waals surface area contributed by atoms with Crippen LogP contribution in [0.15, 0.2) is 24.5 Å². The van der Waals surface area contributed by atoms with Gasteiger partial charge >= 0.3 is 132 Å². The number of aromatic nitrogens is 1. The summed E-state index contributed by atoms with van der Waals surface area (Å²) in [5, 5.41) is 29.4. The van der Waals surface area contributed by atoms with Gasteiger partial charge in [0.15, 0.2) is 0 Å². The van der Waals surface area contributed by atoms with Crippen molar-refractivity contribution in [1.29, 1.82) is 0 Å². The number of hydrogen-bond donors (Lipinski definition) is 5. The summed E-state index contributed by atoms with van der Waals surface area (Å²) in [6.45, 7) is -0.519. The number of ether oxygens (including phenoxy) is 1. The molecule has 0 unspecified atom stereocenters. The third kappa shape index (κ3) is 3.00. The van der Waals surface area contributed by atoms with Crippen LogP contribution in [0.1, 0.15) is 18.1 Å². The van der Waals surface area contributed by atoms with Gasteiger partial charge in [0.25, 0.3) is 0 Å². The third-order valence-electron chi connectivity index (χ3n) is 4.17. The Morgan fingerprint density at radius 3 is 2.65 bits per heavy atom. The minimum absolute atomic E-state index is 0.203. The van der Waals surface area contributed by atoms with E-state index < -0.39 is 44.4 Å². The zero-order valence-corrected chi connectivity index (χ0v) is 13.3. The van der Waals surface area contributed by atoms with Gasteiger partial charge in [-0.05, 0) is 0 Å². The van der Waals surface area contributed by atoms with E-state index in [1.165, 1.54) is 0 Å². The number of rotatable bonds is 3. The summed E-state index contributed by atoms with van der Waals surface area (Å²) in [6, 6.07) is 3.51. The monoisotopic (exact) mass is 348 g/mol. The number of aliphatic hydroxyl groups is 3. The van der Waals surface area contributed by atoms with Crippen molar-refractivity contribution in [2.45, 2.75) is 36.3 Å². The molecule has 0 radical (unpaired) electrons. The van der Waals surface area contributed by atoms with Gasteiger partial charge in [0.1, 0.15) is 0 Å². The van der Waals surface area contributed by atoms with Gasteiger partial charge in [-0.25, -0.2) is 0 Å². The molecule has 130 valence electrons. The second-order valence-corrected chi connectivity index (χ2v) is 8.10. The standard InChI is InChI=1S/C13H21N2O7P/c14-13(7-16)11(18)10(17)12(21-13)23(19)20-6-3-9(22-23)8-1-4-15-5-2-8/h1-2,4-5,9-12,16-19,23H,3,6-7,14H2/t9-,10-,11-,12-,13+/m0/s1. The molecular formula is C13H21N2O7P. The van der Waals surface area contributed by atoms with Crippen molar-refractivity contribution in [3.8, 4) is 0 Å². The third-order valence-corrected chi connectivity index (χ3v) is 6.58. The van der Waals surface area contributed by atoms with Crippen molar-refractivity contribution in [2.24, 2.45) is 5.73 Å². The second-order valence-electron chi connectivity index (χ2n) is 5.74. The Labute approximate surface area is 133 Å². The van der Waals surface area contributed by atoms with Gasteiger partial charge in [0, 0.05) is 0 Å². The number of nitrogens with zero attached hydrogens (tertiary/aromatic N) is 1. The number of aliphatic hydroxyl groups excluding tert-OH is 3. The first-order valence-electron chi connectivity index (χ1n) is 7.27. The molecule has 2 aliphatic rings. The van der Waals surface area contributed by atoms with Gasteiger partial charge in [-0.15, -0.1) is 0 Å². The molecule has 0 spiro atoms. The van der Waals surface area contributed by atoms with Gasteiger partial charge in [0.2, 0.25) is 0 Å². The van der Waals surface area contributed by atoms with Crippen LogP contribution in [0.25, 0.3) is 0 Å². The fourth-order valence-electron chi connectivity index (χ4n) is 2.82. The summed E-state index contributed by atoms with van der Waals surface area (Å²) >= 11 is 0. The molecule has 2 saturated heterocycles. The van der Waals surface area contributed by atoms with Crippen LogP contribution < -0.4 is 5.73 Å². The van der Waals surface area contributed by atoms with Crippen molar-refractivity contribution >= 4 is 7.94 Å². The van der Waals surface area contributed by atoms with Crippen LogP contribution >= 0.6 is 7.94 Å². The Bertz CT molecular complexity index is 552. The van der Waals surface area contributed by atoms with Crippen LogP contribution in [0.4, 0.5) is 0 Å². The second kappa shape index (κ2) is 6.29. The molecule has 0 aromatic carbocycles. The summed E-state index contributed by atoms with van der Waals surface area (Å²) in [5.41, 5.74) is 4.64. The van der Waals surface area contributed by atoms with E-state index in [2.05, 4.69) is 4.98 Å². The fourth-order valence-corrected chi connectivity index (χ4v) is 5.24. The molecule has 0 aliphatic carbocycles. The van der Waals surface area contributed by atoms with Crippen molar-refractivity contribution in [3.05, 3.63) is 30.1 Å². The maximum absolute atomic E-state index is 10.8. The molecule has 3 rings (SSSR count). The first-order chi connectivity index (χ1) is 10.9. The van der Waals surface area contributed by atoms with Crippen LogP contribution in [0.2, 0.25) is 0 Å². The zero-order valence-electron chi connectivity index (χ0n) is 12.3. The van der Waals surface area contributed by atoms with Crippen LogP contribution in [-0.4, -0.2) is 62.2 Å². The molecule has 0 bridgehead atoms. The molecular weight excluding hydrogens is 327 g/mol. The van der Waals surface area contributed by atoms with Crippen LogP contribution in [0.3, 0.4) is 0 Å². The molecule has 0 saturated carbocycles. The Kier molecular flexibility index (Phi) is 4.67. The number of hydrogen-bond acceptors (Lipinski definition) is 9. The maximum atomic E-state index is 10.8. The van der Waals surface area contributed by atoms with Gasteiger partial charge < -0.3 is 0 Å². The molecule has 3 heterocycles. The van der Waals surface area contributed by atoms with Crippen molar-refractivity contribution in [1.82, 2.24) is 4.98 Å². The van der Waals surface area contributed by atoms with Gasteiger partial charge in [-0.1, -0.05) is 0 Å². The van der Waals surface area contributed by atoms with E-state index in [1.54, 1.807) is 24.5 Å². The number of pyridine rings is 1. The van der Waals surface area contributed by atoms with Crippen molar-refractivity contribution in [3.63, 3.8) is 0 Å². The van der Waals surface area contributed by atoms with Crippen molar-refractivity contribution < 1.29 is 34.0 Å². The topological polar surface area (TPSA) is 148 Å². The molecule has 6 N–H and O–H groups in total. The molecule has 1 aromatic rings. The van der Waals surface area contributed by atoms with E-state index in [0.717, 1.165) is 5.56 Å². The Morgan fingerprint density at radius 1 is 1.35 bits per heavy atom. The van der Waals surface area contributed by atoms with Crippen LogP contribution in [-0.2, 0) is 13.8 Å². The first kappa shape index (κ1) is 17.1. The van der Waals surface area contributed by atoms with Gasteiger partial charge in [0.05, 0.1) is 0 Å². The molecule has 2 aliphatic heterocycles. The zero-order chi connectivity index (χ0) is 16.7. The van der Waals surface area contributed by atoms with E-state index >= 15 is 0 Å². The molecule has 0 amide bonds. The minimum atomic E-state index is -4.00. The molecule has 2 fully saturated rings. The Morgan fingerprint density at radius 2 is 2.04 bits per heavy atom. The number of nitrogens with two attached hydrogens (primary N) is 1. The Hall–Kier alpha value is -0.740. The van der Waals surface area contributed by atoms with E-state index in [4.69, 9.17) is 19.5 Å². The molecule has 5 atom stereocenters. The van der Waals surface area contributed by atoms with E-state index in [9.17, 15) is 20.2 Å². The summed E-state index contributed by atoms with van der Waals surface area (Å²) in [7, 11) is -4.00. The molecule has 1 aromatic heterocycles. The van der Waals surface area contributed by atoms with Gasteiger partial charge in [-0.3, -0.25) is 0 Å². The summed E-state index contributed by atoms with van der Waals surface area (Å²) in [6.07, 6.45) is 0.186. The first-order valence-corrected chi connectivity index (χ1v) is 9.11. The SMILES string of the molecule is N[C@]1(CO)O[C@@H]([PH]2(O)OCC[C@@H](c3ccncc3)O2)[C@@H](O)[C@@H]1O. The summed E-state index contributed by atoms with van der Waals surface area (Å²) in [5.74, 6) is -1.33. The van der Waals surface area contributed by atoms with E-state index in [-0.39, 0.29) is 6.61 Å². The van der Waals surface area contributed by atoms with E-state index in [0.29, 0.717) is 6.42 Å². The van der Waals surface area contributed by atoms with E-state index in [1.807, 2.05) is 0 Å². The molecule has 23 heavy (non-hydrogen) atoms. The normalized spacial score (nSPS) is 41.6. The summed E-state index contributed by atoms with van der Waals surface area (Å²) in [4.78, 5) is 14.7. The fraction of sp³-hybridized carbons (Fsp3) is 0.615. The summed E-state index contributed by atoms with van der Waals surface area (Å²) < 4.78 is 16.4. The Balaban J connectivity index is 1.81. The average Bonchev–Trinajstić information content (AvgIpc) is 2.81. The molecule has 9 nitrogen and oxygen atoms in total. The van der Waals surface area contributed by atoms with Crippen LogP contribution in [0.5, 0.6) is 0 Å². The molecule has 10 heteroatoms. The van der Waals surface area contributed by atoms with Gasteiger partial charge in [-0.2, -0.15) is 0 Å². The van der Waals surface area contributed by atoms with Crippen molar-refractivity contribution in [2.75, 3.05) is 13.2 Å². The predicted octanol–water partition coefficient (Wildman–Crippen LogP) is -1.23. The average molecular weight is 348 g/mol. The predicted molar refractivity (Wildman–Crippen MR) is 80.1 cm³/mol.